The van der Waals surface area contributed by atoms with E-state index in [2.05, 4.69) is 193 Å². The minimum absolute atomic E-state index is 0.895. The fraction of sp³-hybridized carbons (Fsp3) is 0. The summed E-state index contributed by atoms with van der Waals surface area (Å²) in [7, 11) is 0. The van der Waals surface area contributed by atoms with Gasteiger partial charge in [-0.25, -0.2) is 0 Å². The molecule has 0 aliphatic rings. The van der Waals surface area contributed by atoms with Gasteiger partial charge in [-0.15, -0.1) is 11.3 Å². The Hall–Kier alpha value is -7.00. The second kappa shape index (κ2) is 12.3. The number of fused-ring (bicyclic) bond motifs is 9. The largest absolute Gasteiger partial charge is 0.456 e. The SMILES string of the molecule is c1ccc(-c2ccc(-c3c4ccccc4c(-c4cc(-c5ccc6c(ccc7sccc76)c5)cc5oc6ccccc6c45)c4ccccc34)c3ccccc23)cc1. The Morgan fingerprint density at radius 2 is 0.929 bits per heavy atom. The van der Waals surface area contributed by atoms with Crippen LogP contribution in [0.15, 0.2) is 198 Å². The first-order chi connectivity index (χ1) is 27.8. The van der Waals surface area contributed by atoms with Gasteiger partial charge in [0, 0.05) is 20.9 Å². The van der Waals surface area contributed by atoms with Gasteiger partial charge in [0.15, 0.2) is 0 Å². The molecule has 12 aromatic rings. The Kier molecular flexibility index (Phi) is 6.87. The zero-order valence-electron chi connectivity index (χ0n) is 30.3. The molecule has 0 fully saturated rings. The van der Waals surface area contributed by atoms with Crippen molar-refractivity contribution in [3.63, 3.8) is 0 Å². The van der Waals surface area contributed by atoms with Gasteiger partial charge >= 0.3 is 0 Å². The molecule has 2 heterocycles. The molecule has 0 aliphatic heterocycles. The molecule has 2 heteroatoms. The quantitative estimate of drug-likeness (QED) is 0.165. The Balaban J connectivity index is 1.17. The lowest BCUT2D eigenvalue weighted by atomic mass is 9.82. The molecule has 0 aliphatic carbocycles. The van der Waals surface area contributed by atoms with Gasteiger partial charge in [0.2, 0.25) is 0 Å². The van der Waals surface area contributed by atoms with Crippen LogP contribution in [0.5, 0.6) is 0 Å². The van der Waals surface area contributed by atoms with Crippen LogP contribution >= 0.6 is 11.3 Å². The molecule has 0 radical (unpaired) electrons. The smallest absolute Gasteiger partial charge is 0.136 e. The zero-order chi connectivity index (χ0) is 36.7. The third kappa shape index (κ3) is 4.67. The average molecular weight is 729 g/mol. The number of hydrogen-bond acceptors (Lipinski definition) is 2. The third-order valence-electron chi connectivity index (χ3n) is 11.7. The maximum atomic E-state index is 6.73. The Bertz CT molecular complexity index is 3470. The molecule has 0 atom stereocenters. The number of furan rings is 1. The standard InChI is InChI=1S/C54H32OS/c1-2-12-33(13-3-1)37-25-26-46(40-15-5-4-14-39(37)40)52-42-16-6-8-18-44(42)53(45-19-9-7-17-43(45)52)48-31-36(32-50-54(48)47-20-10-11-21-49(47)55-50)34-22-24-38-35(30-34)23-27-51-41(38)28-29-56-51/h1-32H. The van der Waals surface area contributed by atoms with Gasteiger partial charge in [-0.3, -0.25) is 0 Å². The highest BCUT2D eigenvalue weighted by molar-refractivity contribution is 7.17. The molecule has 260 valence electrons. The van der Waals surface area contributed by atoms with Crippen LogP contribution in [0.2, 0.25) is 0 Å². The van der Waals surface area contributed by atoms with Crippen LogP contribution in [-0.4, -0.2) is 0 Å². The van der Waals surface area contributed by atoms with E-state index in [9.17, 15) is 0 Å². The molecular weight excluding hydrogens is 697 g/mol. The minimum Gasteiger partial charge on any atom is -0.456 e. The fourth-order valence-corrected chi connectivity index (χ4v) is 10.1. The van der Waals surface area contributed by atoms with Gasteiger partial charge in [0.1, 0.15) is 11.2 Å². The molecule has 0 unspecified atom stereocenters. The van der Waals surface area contributed by atoms with Gasteiger partial charge in [-0.05, 0) is 129 Å². The van der Waals surface area contributed by atoms with Crippen molar-refractivity contribution >= 4 is 86.5 Å². The molecule has 0 bridgehead atoms. The van der Waals surface area contributed by atoms with Crippen molar-refractivity contribution in [1.29, 1.82) is 0 Å². The summed E-state index contributed by atoms with van der Waals surface area (Å²) in [4.78, 5) is 0. The van der Waals surface area contributed by atoms with Gasteiger partial charge in [0.25, 0.3) is 0 Å². The van der Waals surface area contributed by atoms with E-state index in [4.69, 9.17) is 4.42 Å². The first-order valence-corrected chi connectivity index (χ1v) is 20.0. The maximum Gasteiger partial charge on any atom is 0.136 e. The van der Waals surface area contributed by atoms with Crippen LogP contribution in [0, 0.1) is 0 Å². The summed E-state index contributed by atoms with van der Waals surface area (Å²) < 4.78 is 8.04. The zero-order valence-corrected chi connectivity index (χ0v) is 31.1. The number of thiophene rings is 1. The number of benzene rings is 10. The van der Waals surface area contributed by atoms with Crippen LogP contribution in [-0.2, 0) is 0 Å². The first kappa shape index (κ1) is 31.4. The number of para-hydroxylation sites is 1. The number of rotatable bonds is 4. The molecular formula is C54H32OS. The van der Waals surface area contributed by atoms with Crippen LogP contribution in [0.1, 0.15) is 0 Å². The van der Waals surface area contributed by atoms with Crippen molar-refractivity contribution in [3.05, 3.63) is 193 Å². The summed E-state index contributed by atoms with van der Waals surface area (Å²) in [5.74, 6) is 0. The molecule has 1 nitrogen and oxygen atoms in total. The molecule has 0 saturated heterocycles. The normalized spacial score (nSPS) is 11.9. The Morgan fingerprint density at radius 3 is 1.66 bits per heavy atom. The second-order valence-electron chi connectivity index (χ2n) is 14.7. The third-order valence-corrected chi connectivity index (χ3v) is 12.6. The summed E-state index contributed by atoms with van der Waals surface area (Å²) >= 11 is 1.79. The molecule has 12 rings (SSSR count). The van der Waals surface area contributed by atoms with Crippen molar-refractivity contribution in [2.24, 2.45) is 0 Å². The predicted octanol–water partition coefficient (Wildman–Crippen LogP) is 16.1. The van der Waals surface area contributed by atoms with E-state index in [1.807, 2.05) is 0 Å². The van der Waals surface area contributed by atoms with E-state index in [1.165, 1.54) is 92.1 Å². The molecule has 56 heavy (non-hydrogen) atoms. The van der Waals surface area contributed by atoms with Crippen LogP contribution in [0.4, 0.5) is 0 Å². The molecule has 0 N–H and O–H groups in total. The first-order valence-electron chi connectivity index (χ1n) is 19.2. The lowest BCUT2D eigenvalue weighted by Crippen LogP contribution is -1.93. The van der Waals surface area contributed by atoms with E-state index in [0.29, 0.717) is 0 Å². The van der Waals surface area contributed by atoms with E-state index in [0.717, 1.165) is 27.5 Å². The molecule has 0 spiro atoms. The van der Waals surface area contributed by atoms with Gasteiger partial charge < -0.3 is 4.42 Å². The lowest BCUT2D eigenvalue weighted by Gasteiger charge is -2.20. The van der Waals surface area contributed by atoms with E-state index < -0.39 is 0 Å². The summed E-state index contributed by atoms with van der Waals surface area (Å²) in [6.07, 6.45) is 0. The summed E-state index contributed by atoms with van der Waals surface area (Å²) in [6, 6.07) is 69.0. The van der Waals surface area contributed by atoms with Crippen molar-refractivity contribution in [3.8, 4) is 44.5 Å². The molecule has 2 aromatic heterocycles. The van der Waals surface area contributed by atoms with Crippen molar-refractivity contribution < 1.29 is 4.42 Å². The molecule has 10 aromatic carbocycles. The van der Waals surface area contributed by atoms with E-state index in [1.54, 1.807) is 11.3 Å². The lowest BCUT2D eigenvalue weighted by molar-refractivity contribution is 0.669. The van der Waals surface area contributed by atoms with E-state index >= 15 is 0 Å². The Morgan fingerprint density at radius 1 is 0.321 bits per heavy atom. The Labute approximate surface area is 327 Å². The van der Waals surface area contributed by atoms with Gasteiger partial charge in [-0.2, -0.15) is 0 Å². The average Bonchev–Trinajstić information content (AvgIpc) is 3.91. The van der Waals surface area contributed by atoms with Gasteiger partial charge in [0.05, 0.1) is 0 Å². The van der Waals surface area contributed by atoms with Crippen molar-refractivity contribution in [2.45, 2.75) is 0 Å². The van der Waals surface area contributed by atoms with Crippen LogP contribution in [0.25, 0.3) is 120 Å². The number of hydrogen-bond donors (Lipinski definition) is 0. The molecule has 0 saturated carbocycles. The highest BCUT2D eigenvalue weighted by Gasteiger charge is 2.23. The summed E-state index contributed by atoms with van der Waals surface area (Å²) in [5, 5.41) is 15.7. The van der Waals surface area contributed by atoms with Crippen molar-refractivity contribution in [2.75, 3.05) is 0 Å². The maximum absolute atomic E-state index is 6.73. The van der Waals surface area contributed by atoms with Crippen LogP contribution < -0.4 is 0 Å². The predicted molar refractivity (Wildman–Crippen MR) is 241 cm³/mol. The fourth-order valence-electron chi connectivity index (χ4n) is 9.28. The van der Waals surface area contributed by atoms with Crippen molar-refractivity contribution in [1.82, 2.24) is 0 Å². The monoisotopic (exact) mass is 728 g/mol. The van der Waals surface area contributed by atoms with Crippen LogP contribution in [0.3, 0.4) is 0 Å². The minimum atomic E-state index is 0.895. The summed E-state index contributed by atoms with van der Waals surface area (Å²) in [5.41, 5.74) is 11.5. The highest BCUT2D eigenvalue weighted by Crippen LogP contribution is 2.49. The molecule has 0 amide bonds. The van der Waals surface area contributed by atoms with Gasteiger partial charge in [-0.1, -0.05) is 152 Å². The highest BCUT2D eigenvalue weighted by atomic mass is 32.1. The second-order valence-corrected chi connectivity index (χ2v) is 15.7. The summed E-state index contributed by atoms with van der Waals surface area (Å²) in [6.45, 7) is 0. The topological polar surface area (TPSA) is 13.1 Å². The van der Waals surface area contributed by atoms with E-state index in [-0.39, 0.29) is 0 Å².